The molecule has 0 saturated carbocycles. The van der Waals surface area contributed by atoms with E-state index >= 15 is 0 Å². The minimum atomic E-state index is -0.346. The van der Waals surface area contributed by atoms with Crippen molar-refractivity contribution in [3.8, 4) is 5.75 Å². The second kappa shape index (κ2) is 10.8. The molecule has 3 heterocycles. The van der Waals surface area contributed by atoms with Gasteiger partial charge in [-0.15, -0.1) is 0 Å². The predicted octanol–water partition coefficient (Wildman–Crippen LogP) is 0.489. The summed E-state index contributed by atoms with van der Waals surface area (Å²) < 4.78 is 10.9. The number of carbonyl (C=O) groups is 3. The van der Waals surface area contributed by atoms with Gasteiger partial charge in [-0.2, -0.15) is 0 Å². The third-order valence-electron chi connectivity index (χ3n) is 6.30. The largest absolute Gasteiger partial charge is 0.484 e. The maximum absolute atomic E-state index is 12.5. The highest BCUT2D eigenvalue weighted by Gasteiger charge is 2.35. The van der Waals surface area contributed by atoms with Crippen molar-refractivity contribution in [1.29, 1.82) is 0 Å². The van der Waals surface area contributed by atoms with Crippen LogP contribution in [0.25, 0.3) is 0 Å². The second-order valence-electron chi connectivity index (χ2n) is 8.52. The van der Waals surface area contributed by atoms with Gasteiger partial charge in [0.1, 0.15) is 5.75 Å². The number of nitrogens with zero attached hydrogens (tertiary/aromatic N) is 3. The van der Waals surface area contributed by atoms with Gasteiger partial charge in [0.2, 0.25) is 11.8 Å². The lowest BCUT2D eigenvalue weighted by atomic mass is 10.1. The first-order valence-electron chi connectivity index (χ1n) is 11.5. The number of nitrogens with one attached hydrogen (secondary N) is 1. The molecule has 1 aromatic carbocycles. The van der Waals surface area contributed by atoms with Crippen molar-refractivity contribution in [3.05, 3.63) is 24.3 Å². The number of anilines is 1. The van der Waals surface area contributed by atoms with Crippen LogP contribution in [0, 0.1) is 5.92 Å². The number of hydrogen-bond acceptors (Lipinski definition) is 6. The van der Waals surface area contributed by atoms with Gasteiger partial charge in [0, 0.05) is 57.9 Å². The molecule has 3 aliphatic rings. The van der Waals surface area contributed by atoms with Crippen molar-refractivity contribution in [3.63, 3.8) is 0 Å². The maximum Gasteiger partial charge on any atom is 0.260 e. The summed E-state index contributed by atoms with van der Waals surface area (Å²) in [5.41, 5.74) is 0.733. The summed E-state index contributed by atoms with van der Waals surface area (Å²) in [5, 5.41) is 2.97. The molecule has 3 fully saturated rings. The Morgan fingerprint density at radius 1 is 1.06 bits per heavy atom. The molecule has 3 amide bonds. The summed E-state index contributed by atoms with van der Waals surface area (Å²) in [6, 6.07) is 7.11. The van der Waals surface area contributed by atoms with E-state index in [1.54, 1.807) is 29.2 Å². The zero-order valence-electron chi connectivity index (χ0n) is 18.5. The molecule has 9 heteroatoms. The molecule has 3 saturated heterocycles. The Bertz CT molecular complexity index is 803. The van der Waals surface area contributed by atoms with Crippen molar-refractivity contribution < 1.29 is 23.9 Å². The van der Waals surface area contributed by atoms with Gasteiger partial charge in [-0.25, -0.2) is 0 Å². The van der Waals surface area contributed by atoms with Crippen LogP contribution in [0.2, 0.25) is 0 Å². The first-order valence-corrected chi connectivity index (χ1v) is 11.5. The van der Waals surface area contributed by atoms with E-state index in [4.69, 9.17) is 9.47 Å². The van der Waals surface area contributed by atoms with Crippen LogP contribution >= 0.6 is 0 Å². The van der Waals surface area contributed by atoms with Gasteiger partial charge in [-0.3, -0.25) is 19.3 Å². The normalized spacial score (nSPS) is 21.8. The standard InChI is InChI=1S/C23H32N4O5/c28-21-15-18(23(30)24-7-10-25-11-13-31-14-12-25)16-27(21)19-3-5-20(6-4-19)32-17-22(29)26-8-1-2-9-26/h3-6,18H,1-2,7-17H2,(H,24,30)/t18-/m1/s1. The topological polar surface area (TPSA) is 91.4 Å². The fraction of sp³-hybridized carbons (Fsp3) is 0.609. The number of benzene rings is 1. The van der Waals surface area contributed by atoms with Gasteiger partial charge in [-0.1, -0.05) is 0 Å². The molecule has 1 aromatic rings. The highest BCUT2D eigenvalue weighted by molar-refractivity contribution is 6.00. The molecule has 3 aliphatic heterocycles. The first-order chi connectivity index (χ1) is 15.6. The first kappa shape index (κ1) is 22.5. The molecule has 0 bridgehead atoms. The lowest BCUT2D eigenvalue weighted by Crippen LogP contribution is -2.42. The van der Waals surface area contributed by atoms with Gasteiger partial charge in [-0.05, 0) is 37.1 Å². The van der Waals surface area contributed by atoms with Gasteiger partial charge in [0.15, 0.2) is 6.61 Å². The van der Waals surface area contributed by atoms with E-state index in [1.165, 1.54) is 0 Å². The molecule has 0 unspecified atom stereocenters. The maximum atomic E-state index is 12.5. The van der Waals surface area contributed by atoms with E-state index in [2.05, 4.69) is 10.2 Å². The zero-order valence-corrected chi connectivity index (χ0v) is 18.5. The van der Waals surface area contributed by atoms with Crippen molar-refractivity contribution in [2.75, 3.05) is 70.5 Å². The average Bonchev–Trinajstić information content (AvgIpc) is 3.49. The molecule has 4 rings (SSSR count). The van der Waals surface area contributed by atoms with Crippen LogP contribution in [0.5, 0.6) is 5.75 Å². The summed E-state index contributed by atoms with van der Waals surface area (Å²) in [6.07, 6.45) is 2.32. The van der Waals surface area contributed by atoms with Crippen LogP contribution in [0.15, 0.2) is 24.3 Å². The van der Waals surface area contributed by atoms with Gasteiger partial charge in [0.05, 0.1) is 19.1 Å². The quantitative estimate of drug-likeness (QED) is 0.628. The molecule has 0 spiro atoms. The third kappa shape index (κ3) is 5.77. The SMILES string of the molecule is O=C(NCCN1CCOCC1)[C@@H]1CC(=O)N(c2ccc(OCC(=O)N3CCCC3)cc2)C1. The highest BCUT2D eigenvalue weighted by Crippen LogP contribution is 2.27. The van der Waals surface area contributed by atoms with E-state index in [0.29, 0.717) is 18.8 Å². The number of ether oxygens (including phenoxy) is 2. The Kier molecular flexibility index (Phi) is 7.59. The fourth-order valence-corrected chi connectivity index (χ4v) is 4.36. The number of likely N-dealkylation sites (tertiary alicyclic amines) is 1. The summed E-state index contributed by atoms with van der Waals surface area (Å²) in [4.78, 5) is 42.9. The lowest BCUT2D eigenvalue weighted by molar-refractivity contribution is -0.132. The van der Waals surface area contributed by atoms with Gasteiger partial charge >= 0.3 is 0 Å². The molecule has 0 aliphatic carbocycles. The summed E-state index contributed by atoms with van der Waals surface area (Å²) in [5.74, 6) is 0.112. The third-order valence-corrected chi connectivity index (χ3v) is 6.30. The van der Waals surface area contributed by atoms with E-state index in [0.717, 1.165) is 64.5 Å². The average molecular weight is 445 g/mol. The van der Waals surface area contributed by atoms with E-state index in [-0.39, 0.29) is 36.7 Å². The van der Waals surface area contributed by atoms with Crippen LogP contribution in [-0.4, -0.2) is 93.2 Å². The number of rotatable bonds is 8. The van der Waals surface area contributed by atoms with Crippen molar-refractivity contribution in [2.45, 2.75) is 19.3 Å². The smallest absolute Gasteiger partial charge is 0.260 e. The van der Waals surface area contributed by atoms with Crippen molar-refractivity contribution >= 4 is 23.4 Å². The van der Waals surface area contributed by atoms with E-state index < -0.39 is 0 Å². The van der Waals surface area contributed by atoms with Gasteiger partial charge in [0.25, 0.3) is 5.91 Å². The monoisotopic (exact) mass is 444 g/mol. The Morgan fingerprint density at radius 3 is 2.50 bits per heavy atom. The molecule has 32 heavy (non-hydrogen) atoms. The van der Waals surface area contributed by atoms with E-state index in [9.17, 15) is 14.4 Å². The van der Waals surface area contributed by atoms with Crippen LogP contribution in [0.1, 0.15) is 19.3 Å². The molecular weight excluding hydrogens is 412 g/mol. The number of amides is 3. The Balaban J connectivity index is 1.22. The van der Waals surface area contributed by atoms with Crippen LogP contribution < -0.4 is 15.0 Å². The Morgan fingerprint density at radius 2 is 1.78 bits per heavy atom. The molecule has 174 valence electrons. The highest BCUT2D eigenvalue weighted by atomic mass is 16.5. The summed E-state index contributed by atoms with van der Waals surface area (Å²) >= 11 is 0. The predicted molar refractivity (Wildman–Crippen MR) is 118 cm³/mol. The Labute approximate surface area is 188 Å². The molecule has 1 atom stereocenters. The zero-order chi connectivity index (χ0) is 22.3. The molecular formula is C23H32N4O5. The van der Waals surface area contributed by atoms with Crippen LogP contribution in [0.4, 0.5) is 5.69 Å². The fourth-order valence-electron chi connectivity index (χ4n) is 4.36. The molecule has 9 nitrogen and oxygen atoms in total. The van der Waals surface area contributed by atoms with E-state index in [1.807, 2.05) is 4.90 Å². The Hall–Kier alpha value is -2.65. The second-order valence-corrected chi connectivity index (χ2v) is 8.52. The summed E-state index contributed by atoms with van der Waals surface area (Å²) in [7, 11) is 0. The molecule has 0 aromatic heterocycles. The summed E-state index contributed by atoms with van der Waals surface area (Å²) in [6.45, 7) is 6.62. The van der Waals surface area contributed by atoms with Gasteiger partial charge < -0.3 is 24.6 Å². The number of morpholine rings is 1. The number of hydrogen-bond donors (Lipinski definition) is 1. The van der Waals surface area contributed by atoms with Crippen LogP contribution in [-0.2, 0) is 19.1 Å². The van der Waals surface area contributed by atoms with Crippen LogP contribution in [0.3, 0.4) is 0 Å². The molecule has 1 N–H and O–H groups in total. The number of carbonyl (C=O) groups excluding carboxylic acids is 3. The molecule has 0 radical (unpaired) electrons. The minimum absolute atomic E-state index is 0.00349. The lowest BCUT2D eigenvalue weighted by Gasteiger charge is -2.26. The van der Waals surface area contributed by atoms with Crippen molar-refractivity contribution in [2.24, 2.45) is 5.92 Å². The minimum Gasteiger partial charge on any atom is -0.484 e. The van der Waals surface area contributed by atoms with Crippen molar-refractivity contribution in [1.82, 2.24) is 15.1 Å².